The van der Waals surface area contributed by atoms with Crippen LogP contribution < -0.4 is 0 Å². The van der Waals surface area contributed by atoms with Gasteiger partial charge in [-0.05, 0) is 86.3 Å². The molecule has 0 saturated heterocycles. The number of hydrogen-bond acceptors (Lipinski definition) is 5. The van der Waals surface area contributed by atoms with E-state index in [1.54, 1.807) is 47.8 Å². The summed E-state index contributed by atoms with van der Waals surface area (Å²) in [6.45, 7) is 0. The Bertz CT molecular complexity index is 992. The maximum Gasteiger partial charge on any atom is 0.197 e. The molecule has 1 aliphatic rings. The van der Waals surface area contributed by atoms with Gasteiger partial charge in [-0.1, -0.05) is 24.6 Å². The van der Waals surface area contributed by atoms with Gasteiger partial charge in [0.1, 0.15) is 17.7 Å². The Labute approximate surface area is 213 Å². The number of benzene rings is 3. The second kappa shape index (κ2) is 13.2. The van der Waals surface area contributed by atoms with Gasteiger partial charge >= 0.3 is 0 Å². The van der Waals surface area contributed by atoms with Crippen molar-refractivity contribution in [1.29, 1.82) is 0 Å². The first-order valence-corrected chi connectivity index (χ1v) is 14.0. The highest BCUT2D eigenvalue weighted by molar-refractivity contribution is 8.17. The van der Waals surface area contributed by atoms with Crippen molar-refractivity contribution >= 4 is 41.4 Å². The van der Waals surface area contributed by atoms with Gasteiger partial charge in [-0.2, -0.15) is 4.40 Å². The van der Waals surface area contributed by atoms with Crippen molar-refractivity contribution in [2.45, 2.75) is 63.9 Å². The van der Waals surface area contributed by atoms with Crippen LogP contribution in [0.2, 0.25) is 0 Å². The molecule has 0 radical (unpaired) electrons. The largest absolute Gasteiger partial charge is 0.477 e. The molecule has 1 saturated carbocycles. The second-order valence-corrected chi connectivity index (χ2v) is 11.7. The van der Waals surface area contributed by atoms with Crippen LogP contribution in [0.1, 0.15) is 38.5 Å². The molecule has 0 unspecified atom stereocenters. The molecule has 0 N–H and O–H groups in total. The number of halogens is 2. The van der Waals surface area contributed by atoms with Crippen LogP contribution in [-0.2, 0) is 4.74 Å². The molecule has 1 aliphatic carbocycles. The maximum atomic E-state index is 13.4. The Balaban J connectivity index is 1.54. The van der Waals surface area contributed by atoms with E-state index in [0.717, 1.165) is 33.4 Å². The van der Waals surface area contributed by atoms with Crippen LogP contribution >= 0.6 is 35.5 Å². The Morgan fingerprint density at radius 1 is 0.765 bits per heavy atom. The van der Waals surface area contributed by atoms with Crippen LogP contribution in [0, 0.1) is 11.6 Å². The number of nitrogens with zero attached hydrogens (tertiary/aromatic N) is 1. The van der Waals surface area contributed by atoms with Gasteiger partial charge in [-0.25, -0.2) is 8.78 Å². The zero-order chi connectivity index (χ0) is 23.6. The molecule has 178 valence electrons. The summed E-state index contributed by atoms with van der Waals surface area (Å²) in [4.78, 5) is 2.99. The van der Waals surface area contributed by atoms with Gasteiger partial charge in [0.05, 0.1) is 4.58 Å². The second-order valence-electron chi connectivity index (χ2n) is 8.04. The number of ether oxygens (including phenoxy) is 1. The van der Waals surface area contributed by atoms with E-state index in [2.05, 4.69) is 0 Å². The van der Waals surface area contributed by atoms with Gasteiger partial charge in [0.25, 0.3) is 0 Å². The topological polar surface area (TPSA) is 21.6 Å². The van der Waals surface area contributed by atoms with E-state index in [9.17, 15) is 8.78 Å². The van der Waals surface area contributed by atoms with Crippen LogP contribution in [0.15, 0.2) is 97.9 Å². The van der Waals surface area contributed by atoms with E-state index in [4.69, 9.17) is 9.13 Å². The summed E-state index contributed by atoms with van der Waals surface area (Å²) in [6.07, 6.45) is 6.51. The van der Waals surface area contributed by atoms with Crippen LogP contribution in [0.25, 0.3) is 0 Å². The third-order valence-corrected chi connectivity index (χ3v) is 8.66. The quantitative estimate of drug-likeness (QED) is 0.0931. The fraction of sp³-hybridized carbons (Fsp3) is 0.296. The van der Waals surface area contributed by atoms with E-state index in [-0.39, 0.29) is 22.3 Å². The minimum atomic E-state index is -0.255. The Kier molecular flexibility index (Phi) is 9.77. The van der Waals surface area contributed by atoms with Crippen LogP contribution in [0.5, 0.6) is 0 Å². The third-order valence-electron chi connectivity index (χ3n) is 5.35. The molecule has 0 aliphatic heterocycles. The predicted octanol–water partition coefficient (Wildman–Crippen LogP) is 9.02. The van der Waals surface area contributed by atoms with Gasteiger partial charge < -0.3 is 4.74 Å². The highest BCUT2D eigenvalue weighted by Gasteiger charge is 2.22. The lowest BCUT2D eigenvalue weighted by Gasteiger charge is -2.25. The lowest BCUT2D eigenvalue weighted by molar-refractivity contribution is 0.139. The molecule has 0 heterocycles. The molecule has 4 rings (SSSR count). The van der Waals surface area contributed by atoms with E-state index >= 15 is 0 Å². The van der Waals surface area contributed by atoms with Crippen LogP contribution in [0.4, 0.5) is 8.78 Å². The van der Waals surface area contributed by atoms with Crippen molar-refractivity contribution < 1.29 is 13.5 Å². The predicted molar refractivity (Wildman–Crippen MR) is 141 cm³/mol. The molecule has 3 aromatic carbocycles. The average molecular weight is 516 g/mol. The highest BCUT2D eigenvalue weighted by Crippen LogP contribution is 2.39. The summed E-state index contributed by atoms with van der Waals surface area (Å²) in [7, 11) is 0. The van der Waals surface area contributed by atoms with Crippen molar-refractivity contribution in [2.75, 3.05) is 0 Å². The number of rotatable bonds is 9. The number of hydrogen-bond donors (Lipinski definition) is 0. The number of thioether (sulfide) groups is 2. The Hall–Kier alpha value is -1.96. The standard InChI is InChI=1S/C27H27F2NOS3/c28-20-11-15-23(16-12-20)32-27(33-24-17-13-21(29)14-18-24)19-26(31-22-7-3-1-4-8-22)30-34-25-9-5-2-6-10-25/h2,5-6,9-18,22,27H,1,3-4,7-8,19H2/b30-26-. The highest BCUT2D eigenvalue weighted by atomic mass is 32.2. The molecule has 34 heavy (non-hydrogen) atoms. The van der Waals surface area contributed by atoms with Crippen molar-refractivity contribution in [3.8, 4) is 0 Å². The molecule has 0 aromatic heterocycles. The first-order chi connectivity index (χ1) is 16.6. The maximum absolute atomic E-state index is 13.4. The van der Waals surface area contributed by atoms with E-state index in [0.29, 0.717) is 6.42 Å². The van der Waals surface area contributed by atoms with E-state index < -0.39 is 0 Å². The SMILES string of the molecule is Fc1ccc(SC(C/C(=N/Sc2ccccc2)OC2CCCCC2)Sc2ccc(F)cc2)cc1. The zero-order valence-electron chi connectivity index (χ0n) is 18.7. The Morgan fingerprint density at radius 3 is 1.88 bits per heavy atom. The van der Waals surface area contributed by atoms with E-state index in [1.165, 1.54) is 55.5 Å². The summed E-state index contributed by atoms with van der Waals surface area (Å²) in [5.41, 5.74) is 0. The van der Waals surface area contributed by atoms with Crippen LogP contribution in [-0.4, -0.2) is 16.6 Å². The Morgan fingerprint density at radius 2 is 1.32 bits per heavy atom. The molecule has 0 atom stereocenters. The normalized spacial score (nSPS) is 15.0. The van der Waals surface area contributed by atoms with Crippen LogP contribution in [0.3, 0.4) is 0 Å². The fourth-order valence-corrected chi connectivity index (χ4v) is 6.76. The first kappa shape index (κ1) is 25.1. The average Bonchev–Trinajstić information content (AvgIpc) is 2.86. The monoisotopic (exact) mass is 515 g/mol. The summed E-state index contributed by atoms with van der Waals surface area (Å²) >= 11 is 4.70. The molecule has 0 bridgehead atoms. The molecule has 0 amide bonds. The molecular weight excluding hydrogens is 489 g/mol. The van der Waals surface area contributed by atoms with Gasteiger partial charge in [-0.3, -0.25) is 0 Å². The lowest BCUT2D eigenvalue weighted by atomic mass is 9.98. The van der Waals surface area contributed by atoms with Crippen molar-refractivity contribution in [3.05, 3.63) is 90.5 Å². The first-order valence-electron chi connectivity index (χ1n) is 11.4. The van der Waals surface area contributed by atoms with Gasteiger partial charge in [0.15, 0.2) is 5.90 Å². The molecule has 7 heteroatoms. The van der Waals surface area contributed by atoms with Gasteiger partial charge in [-0.15, -0.1) is 23.5 Å². The fourth-order valence-electron chi connectivity index (χ4n) is 3.65. The molecule has 2 nitrogen and oxygen atoms in total. The third kappa shape index (κ3) is 8.36. The van der Waals surface area contributed by atoms with E-state index in [1.807, 2.05) is 30.3 Å². The lowest BCUT2D eigenvalue weighted by Crippen LogP contribution is -2.22. The van der Waals surface area contributed by atoms with Crippen molar-refractivity contribution in [3.63, 3.8) is 0 Å². The molecule has 3 aromatic rings. The summed E-state index contributed by atoms with van der Waals surface area (Å²) in [6, 6.07) is 23.1. The molecule has 0 spiro atoms. The van der Waals surface area contributed by atoms with Gasteiger partial charge in [0, 0.05) is 33.1 Å². The molecule has 1 fully saturated rings. The van der Waals surface area contributed by atoms with Gasteiger partial charge in [0.2, 0.25) is 0 Å². The zero-order valence-corrected chi connectivity index (χ0v) is 21.2. The van der Waals surface area contributed by atoms with Crippen molar-refractivity contribution in [1.82, 2.24) is 0 Å². The molecular formula is C27H27F2NOS3. The summed E-state index contributed by atoms with van der Waals surface area (Å²) in [5.74, 6) is 0.207. The minimum absolute atomic E-state index is 0.0228. The summed E-state index contributed by atoms with van der Waals surface area (Å²) < 4.78 is 38.2. The smallest absolute Gasteiger partial charge is 0.197 e. The van der Waals surface area contributed by atoms with Crippen molar-refractivity contribution in [2.24, 2.45) is 4.40 Å². The summed E-state index contributed by atoms with van der Waals surface area (Å²) in [5, 5.41) is 0. The minimum Gasteiger partial charge on any atom is -0.477 e.